The Balaban J connectivity index is 1.71. The molecule has 6 nitrogen and oxygen atoms in total. The van der Waals surface area contributed by atoms with Crippen LogP contribution < -0.4 is 15.0 Å². The lowest BCUT2D eigenvalue weighted by Gasteiger charge is -2.32. The largest absolute Gasteiger partial charge is 0.481 e. The summed E-state index contributed by atoms with van der Waals surface area (Å²) in [6.07, 6.45) is 1.69. The Morgan fingerprint density at radius 1 is 1.23 bits per heavy atom. The molecule has 3 rings (SSSR count). The Labute approximate surface area is 162 Å². The van der Waals surface area contributed by atoms with Crippen LogP contribution in [0, 0.1) is 12.8 Å². The fourth-order valence-corrected chi connectivity index (χ4v) is 3.54. The average Bonchev–Trinajstić information content (AvgIpc) is 2.60. The molecule has 1 aromatic carbocycles. The van der Waals surface area contributed by atoms with Crippen molar-refractivity contribution in [3.8, 4) is 5.88 Å². The van der Waals surface area contributed by atoms with Gasteiger partial charge in [-0.1, -0.05) is 23.2 Å². The molecular weight excluding hydrogens is 375 g/mol. The van der Waals surface area contributed by atoms with Crippen molar-refractivity contribution in [2.24, 2.45) is 5.92 Å². The predicted molar refractivity (Wildman–Crippen MR) is 103 cm³/mol. The zero-order valence-corrected chi connectivity index (χ0v) is 16.1. The number of nitrogens with one attached hydrogen (secondary N) is 1. The first kappa shape index (κ1) is 18.7. The summed E-state index contributed by atoms with van der Waals surface area (Å²) in [6, 6.07) is 6.77. The number of halogens is 2. The van der Waals surface area contributed by atoms with Gasteiger partial charge in [0.05, 0.1) is 13.0 Å². The number of piperidine rings is 1. The fraction of sp³-hybridized carbons (Fsp3) is 0.389. The number of hydrogen-bond acceptors (Lipinski definition) is 5. The molecule has 0 spiro atoms. The van der Waals surface area contributed by atoms with E-state index in [4.69, 9.17) is 27.9 Å². The molecule has 2 heterocycles. The monoisotopic (exact) mass is 394 g/mol. The minimum Gasteiger partial charge on any atom is -0.481 e. The first-order valence-electron chi connectivity index (χ1n) is 8.36. The number of rotatable bonds is 4. The summed E-state index contributed by atoms with van der Waals surface area (Å²) in [5, 5.41) is 3.87. The smallest absolute Gasteiger partial charge is 0.229 e. The molecule has 0 saturated carbocycles. The highest BCUT2D eigenvalue weighted by molar-refractivity contribution is 6.35. The van der Waals surface area contributed by atoms with Crippen LogP contribution in [0.5, 0.6) is 5.88 Å². The van der Waals surface area contributed by atoms with Crippen molar-refractivity contribution in [2.45, 2.75) is 19.8 Å². The number of aryl methyl sites for hydroxylation is 1. The Morgan fingerprint density at radius 2 is 1.96 bits per heavy atom. The average molecular weight is 395 g/mol. The maximum absolute atomic E-state index is 12.7. The summed E-state index contributed by atoms with van der Waals surface area (Å²) in [7, 11) is 1.58. The third kappa shape index (κ3) is 4.56. The van der Waals surface area contributed by atoms with E-state index in [9.17, 15) is 4.79 Å². The number of methoxy groups -OCH3 is 1. The van der Waals surface area contributed by atoms with E-state index < -0.39 is 0 Å². The van der Waals surface area contributed by atoms with E-state index in [1.165, 1.54) is 0 Å². The van der Waals surface area contributed by atoms with Gasteiger partial charge < -0.3 is 15.0 Å². The molecule has 26 heavy (non-hydrogen) atoms. The lowest BCUT2D eigenvalue weighted by molar-refractivity contribution is -0.120. The Morgan fingerprint density at radius 3 is 2.65 bits per heavy atom. The molecule has 1 unspecified atom stereocenters. The van der Waals surface area contributed by atoms with Crippen molar-refractivity contribution >= 4 is 40.7 Å². The number of hydrogen-bond donors (Lipinski definition) is 1. The number of carbonyl (C=O) groups is 1. The fourth-order valence-electron chi connectivity index (χ4n) is 3.01. The SMILES string of the molecule is COc1cc(C)nc(N2CCCC(C(=O)Nc3cc(Cl)cc(Cl)c3)C2)n1. The van der Waals surface area contributed by atoms with Crippen LogP contribution >= 0.6 is 23.2 Å². The third-order valence-electron chi connectivity index (χ3n) is 4.23. The van der Waals surface area contributed by atoms with E-state index in [2.05, 4.69) is 15.3 Å². The summed E-state index contributed by atoms with van der Waals surface area (Å²) in [6.45, 7) is 3.25. The van der Waals surface area contributed by atoms with Crippen molar-refractivity contribution in [3.63, 3.8) is 0 Å². The maximum Gasteiger partial charge on any atom is 0.229 e. The molecule has 1 saturated heterocycles. The quantitative estimate of drug-likeness (QED) is 0.849. The van der Waals surface area contributed by atoms with Crippen molar-refractivity contribution in [3.05, 3.63) is 40.0 Å². The van der Waals surface area contributed by atoms with Gasteiger partial charge in [-0.05, 0) is 38.0 Å². The first-order chi connectivity index (χ1) is 12.4. The number of aromatic nitrogens is 2. The van der Waals surface area contributed by atoms with Crippen molar-refractivity contribution < 1.29 is 9.53 Å². The van der Waals surface area contributed by atoms with E-state index in [-0.39, 0.29) is 11.8 Å². The minimum absolute atomic E-state index is 0.0624. The van der Waals surface area contributed by atoms with Crippen LogP contribution in [0.3, 0.4) is 0 Å². The molecule has 1 amide bonds. The highest BCUT2D eigenvalue weighted by Crippen LogP contribution is 2.26. The Hall–Kier alpha value is -2.05. The van der Waals surface area contributed by atoms with Crippen molar-refractivity contribution in [1.29, 1.82) is 0 Å². The summed E-state index contributed by atoms with van der Waals surface area (Å²) < 4.78 is 5.22. The number of ether oxygens (including phenoxy) is 1. The summed E-state index contributed by atoms with van der Waals surface area (Å²) in [4.78, 5) is 23.6. The molecule has 1 N–H and O–H groups in total. The Bertz CT molecular complexity index is 796. The van der Waals surface area contributed by atoms with Gasteiger partial charge in [0.2, 0.25) is 17.7 Å². The van der Waals surface area contributed by atoms with Crippen LogP contribution in [0.15, 0.2) is 24.3 Å². The van der Waals surface area contributed by atoms with Crippen molar-refractivity contribution in [1.82, 2.24) is 9.97 Å². The summed E-state index contributed by atoms with van der Waals surface area (Å²) in [5.74, 6) is 0.877. The second-order valence-electron chi connectivity index (χ2n) is 6.28. The van der Waals surface area contributed by atoms with Gasteiger partial charge in [-0.2, -0.15) is 4.98 Å². The summed E-state index contributed by atoms with van der Waals surface area (Å²) in [5.41, 5.74) is 1.42. The lowest BCUT2D eigenvalue weighted by atomic mass is 9.97. The number of nitrogens with zero attached hydrogens (tertiary/aromatic N) is 3. The molecule has 0 aliphatic carbocycles. The number of anilines is 2. The zero-order chi connectivity index (χ0) is 18.7. The van der Waals surface area contributed by atoms with Crippen LogP contribution in [0.25, 0.3) is 0 Å². The summed E-state index contributed by atoms with van der Waals surface area (Å²) >= 11 is 12.0. The molecule has 1 atom stereocenters. The Kier molecular flexibility index (Phi) is 5.84. The second kappa shape index (κ2) is 8.10. The van der Waals surface area contributed by atoms with Crippen LogP contribution in [0.2, 0.25) is 10.0 Å². The van der Waals surface area contributed by atoms with Gasteiger partial charge in [-0.15, -0.1) is 0 Å². The predicted octanol–water partition coefficient (Wildman–Crippen LogP) is 3.96. The van der Waals surface area contributed by atoms with Gasteiger partial charge in [0.25, 0.3) is 0 Å². The van der Waals surface area contributed by atoms with Gasteiger partial charge in [0.1, 0.15) is 0 Å². The van der Waals surface area contributed by atoms with Crippen LogP contribution in [0.4, 0.5) is 11.6 Å². The van der Waals surface area contributed by atoms with Crippen LogP contribution in [0.1, 0.15) is 18.5 Å². The minimum atomic E-state index is -0.170. The van der Waals surface area contributed by atoms with Gasteiger partial charge in [0, 0.05) is 40.6 Å². The van der Waals surface area contributed by atoms with E-state index in [0.29, 0.717) is 34.1 Å². The lowest BCUT2D eigenvalue weighted by Crippen LogP contribution is -2.41. The molecule has 1 aliphatic heterocycles. The highest BCUT2D eigenvalue weighted by atomic mass is 35.5. The molecular formula is C18H20Cl2N4O2. The molecule has 1 aromatic heterocycles. The first-order valence-corrected chi connectivity index (χ1v) is 9.12. The molecule has 1 fully saturated rings. The highest BCUT2D eigenvalue weighted by Gasteiger charge is 2.27. The van der Waals surface area contributed by atoms with E-state index >= 15 is 0 Å². The van der Waals surface area contributed by atoms with Crippen LogP contribution in [-0.4, -0.2) is 36.1 Å². The molecule has 8 heteroatoms. The van der Waals surface area contributed by atoms with E-state index in [1.807, 2.05) is 11.8 Å². The van der Waals surface area contributed by atoms with Gasteiger partial charge in [-0.3, -0.25) is 4.79 Å². The van der Waals surface area contributed by atoms with Crippen molar-refractivity contribution in [2.75, 3.05) is 30.4 Å². The maximum atomic E-state index is 12.7. The standard InChI is InChI=1S/C18H20Cl2N4O2/c1-11-6-16(26-2)23-18(21-11)24-5-3-4-12(10-24)17(25)22-15-8-13(19)7-14(20)9-15/h6-9,12H,3-5,10H2,1-2H3,(H,22,25). The van der Waals surface area contributed by atoms with Gasteiger partial charge >= 0.3 is 0 Å². The number of carbonyl (C=O) groups excluding carboxylic acids is 1. The normalized spacial score (nSPS) is 17.1. The molecule has 1 aliphatic rings. The molecule has 138 valence electrons. The number of benzene rings is 1. The van der Waals surface area contributed by atoms with Gasteiger partial charge in [0.15, 0.2) is 0 Å². The molecule has 0 radical (unpaired) electrons. The van der Waals surface area contributed by atoms with E-state index in [1.54, 1.807) is 31.4 Å². The topological polar surface area (TPSA) is 67.3 Å². The third-order valence-corrected chi connectivity index (χ3v) is 4.67. The molecule has 0 bridgehead atoms. The van der Waals surface area contributed by atoms with Gasteiger partial charge in [-0.25, -0.2) is 4.98 Å². The molecule has 2 aromatic rings. The van der Waals surface area contributed by atoms with E-state index in [0.717, 1.165) is 25.1 Å². The zero-order valence-electron chi connectivity index (χ0n) is 14.6. The van der Waals surface area contributed by atoms with Crippen LogP contribution in [-0.2, 0) is 4.79 Å². The number of amides is 1. The second-order valence-corrected chi connectivity index (χ2v) is 7.16.